The second-order valence-corrected chi connectivity index (χ2v) is 2.74. The van der Waals surface area contributed by atoms with Gasteiger partial charge in [-0.3, -0.25) is 4.79 Å². The van der Waals surface area contributed by atoms with E-state index in [4.69, 9.17) is 9.84 Å². The zero-order chi connectivity index (χ0) is 11.3. The molecule has 0 saturated heterocycles. The van der Waals surface area contributed by atoms with Crippen molar-refractivity contribution in [1.29, 1.82) is 0 Å². The number of carbonyl (C=O) groups is 2. The lowest BCUT2D eigenvalue weighted by Gasteiger charge is -2.03. The number of benzene rings is 1. The summed E-state index contributed by atoms with van der Waals surface area (Å²) in [6, 6.07) is 6.64. The second kappa shape index (κ2) is 4.95. The smallest absolute Gasteiger partial charge is 0.328 e. The van der Waals surface area contributed by atoms with E-state index in [1.54, 1.807) is 24.3 Å². The Labute approximate surface area is 86.8 Å². The van der Waals surface area contributed by atoms with E-state index in [0.29, 0.717) is 11.3 Å². The highest BCUT2D eigenvalue weighted by Crippen LogP contribution is 2.17. The molecule has 15 heavy (non-hydrogen) atoms. The van der Waals surface area contributed by atoms with Crippen LogP contribution in [0.25, 0.3) is 0 Å². The molecular weight excluding hydrogens is 196 g/mol. The number of carboxylic acids is 1. The van der Waals surface area contributed by atoms with Crippen molar-refractivity contribution in [2.75, 3.05) is 7.11 Å². The van der Waals surface area contributed by atoms with E-state index in [1.165, 1.54) is 7.11 Å². The van der Waals surface area contributed by atoms with Gasteiger partial charge >= 0.3 is 5.97 Å². The maximum absolute atomic E-state index is 11.5. The number of ether oxygens (including phenoxy) is 1. The maximum atomic E-state index is 11.5. The molecule has 0 aliphatic rings. The molecule has 4 heteroatoms. The summed E-state index contributed by atoms with van der Waals surface area (Å²) in [4.78, 5) is 21.7. The molecule has 0 saturated carbocycles. The van der Waals surface area contributed by atoms with E-state index in [-0.39, 0.29) is 0 Å². The van der Waals surface area contributed by atoms with Gasteiger partial charge < -0.3 is 9.84 Å². The van der Waals surface area contributed by atoms with E-state index in [0.717, 1.165) is 12.2 Å². The van der Waals surface area contributed by atoms with Crippen LogP contribution in [0.3, 0.4) is 0 Å². The van der Waals surface area contributed by atoms with Crippen LogP contribution in [0, 0.1) is 0 Å². The van der Waals surface area contributed by atoms with Crippen LogP contribution in [0.1, 0.15) is 10.4 Å². The van der Waals surface area contributed by atoms with Crippen molar-refractivity contribution in [3.63, 3.8) is 0 Å². The lowest BCUT2D eigenvalue weighted by molar-refractivity contribution is -0.131. The van der Waals surface area contributed by atoms with Crippen molar-refractivity contribution in [3.05, 3.63) is 42.0 Å². The van der Waals surface area contributed by atoms with Gasteiger partial charge in [0.15, 0.2) is 5.78 Å². The average molecular weight is 206 g/mol. The fourth-order valence-electron chi connectivity index (χ4n) is 1.08. The van der Waals surface area contributed by atoms with Gasteiger partial charge in [-0.1, -0.05) is 12.1 Å². The van der Waals surface area contributed by atoms with Gasteiger partial charge in [-0.25, -0.2) is 4.79 Å². The highest BCUT2D eigenvalue weighted by Gasteiger charge is 2.08. The second-order valence-electron chi connectivity index (χ2n) is 2.74. The van der Waals surface area contributed by atoms with Gasteiger partial charge in [0, 0.05) is 6.08 Å². The predicted octanol–water partition coefficient (Wildman–Crippen LogP) is 1.52. The minimum absolute atomic E-state index is 0.345. The van der Waals surface area contributed by atoms with Crippen molar-refractivity contribution in [1.82, 2.24) is 0 Å². The number of carboxylic acid groups (broad SMARTS) is 1. The Morgan fingerprint density at radius 1 is 1.27 bits per heavy atom. The standard InChI is InChI=1S/C11H10O4/c1-15-10-5-3-2-4-8(10)9(12)6-7-11(13)14/h2-7H,1H3,(H,13,14)/b7-6+. The minimum atomic E-state index is -1.15. The Kier molecular flexibility index (Phi) is 3.62. The van der Waals surface area contributed by atoms with Crippen LogP contribution < -0.4 is 4.74 Å². The van der Waals surface area contributed by atoms with Crippen LogP contribution in [-0.2, 0) is 4.79 Å². The molecule has 78 valence electrons. The number of carbonyl (C=O) groups excluding carboxylic acids is 1. The molecule has 0 aromatic heterocycles. The van der Waals surface area contributed by atoms with Crippen molar-refractivity contribution in [2.45, 2.75) is 0 Å². The molecule has 0 fully saturated rings. The molecule has 1 rings (SSSR count). The molecule has 0 amide bonds. The summed E-state index contributed by atoms with van der Waals surface area (Å²) in [5, 5.41) is 8.37. The Morgan fingerprint density at radius 3 is 2.53 bits per heavy atom. The number of hydrogen-bond acceptors (Lipinski definition) is 3. The van der Waals surface area contributed by atoms with Crippen LogP contribution >= 0.6 is 0 Å². The molecule has 0 heterocycles. The van der Waals surface area contributed by atoms with Crippen LogP contribution in [-0.4, -0.2) is 24.0 Å². The van der Waals surface area contributed by atoms with Crippen LogP contribution in [0.4, 0.5) is 0 Å². The van der Waals surface area contributed by atoms with Gasteiger partial charge in [0.2, 0.25) is 0 Å². The Hall–Kier alpha value is -2.10. The Morgan fingerprint density at radius 2 is 1.93 bits per heavy atom. The fourth-order valence-corrected chi connectivity index (χ4v) is 1.08. The quantitative estimate of drug-likeness (QED) is 0.599. The van der Waals surface area contributed by atoms with Crippen LogP contribution in [0.2, 0.25) is 0 Å². The lowest BCUT2D eigenvalue weighted by atomic mass is 10.1. The largest absolute Gasteiger partial charge is 0.496 e. The number of para-hydroxylation sites is 1. The highest BCUT2D eigenvalue weighted by molar-refractivity contribution is 6.08. The first-order valence-electron chi connectivity index (χ1n) is 4.23. The highest BCUT2D eigenvalue weighted by atomic mass is 16.5. The normalized spacial score (nSPS) is 10.2. The summed E-state index contributed by atoms with van der Waals surface area (Å²) >= 11 is 0. The zero-order valence-electron chi connectivity index (χ0n) is 8.14. The summed E-state index contributed by atoms with van der Waals surface area (Å²) in [5.41, 5.74) is 0.345. The molecule has 0 aliphatic heterocycles. The Bertz CT molecular complexity index is 407. The molecule has 0 radical (unpaired) electrons. The number of ketones is 1. The molecule has 1 aromatic rings. The monoisotopic (exact) mass is 206 g/mol. The summed E-state index contributed by atoms with van der Waals surface area (Å²) < 4.78 is 4.97. The van der Waals surface area contributed by atoms with Crippen molar-refractivity contribution >= 4 is 11.8 Å². The third kappa shape index (κ3) is 2.95. The lowest BCUT2D eigenvalue weighted by Crippen LogP contribution is -1.99. The van der Waals surface area contributed by atoms with Gasteiger partial charge in [-0.2, -0.15) is 0 Å². The fraction of sp³-hybridized carbons (Fsp3) is 0.0909. The summed E-state index contributed by atoms with van der Waals surface area (Å²) in [5.74, 6) is -1.12. The van der Waals surface area contributed by atoms with E-state index < -0.39 is 11.8 Å². The van der Waals surface area contributed by atoms with Gasteiger partial charge in [-0.05, 0) is 18.2 Å². The van der Waals surface area contributed by atoms with Crippen LogP contribution in [0.15, 0.2) is 36.4 Å². The van der Waals surface area contributed by atoms with Crippen LogP contribution in [0.5, 0.6) is 5.75 Å². The number of aliphatic carboxylic acids is 1. The third-order valence-corrected chi connectivity index (χ3v) is 1.75. The van der Waals surface area contributed by atoms with Gasteiger partial charge in [-0.15, -0.1) is 0 Å². The first-order chi connectivity index (χ1) is 7.15. The van der Waals surface area contributed by atoms with Crippen molar-refractivity contribution < 1.29 is 19.4 Å². The summed E-state index contributed by atoms with van der Waals surface area (Å²) in [6.07, 6.45) is 1.80. The summed E-state index contributed by atoms with van der Waals surface area (Å²) in [6.45, 7) is 0. The van der Waals surface area contributed by atoms with Gasteiger partial charge in [0.05, 0.1) is 12.7 Å². The van der Waals surface area contributed by atoms with E-state index in [9.17, 15) is 9.59 Å². The number of hydrogen-bond donors (Lipinski definition) is 1. The molecule has 0 unspecified atom stereocenters. The number of rotatable bonds is 4. The molecule has 0 spiro atoms. The van der Waals surface area contributed by atoms with Crippen molar-refractivity contribution in [3.8, 4) is 5.75 Å². The molecule has 0 aliphatic carbocycles. The number of allylic oxidation sites excluding steroid dienone is 1. The topological polar surface area (TPSA) is 63.6 Å². The molecular formula is C11H10O4. The molecule has 0 bridgehead atoms. The minimum Gasteiger partial charge on any atom is -0.496 e. The van der Waals surface area contributed by atoms with Gasteiger partial charge in [0.25, 0.3) is 0 Å². The van der Waals surface area contributed by atoms with E-state index >= 15 is 0 Å². The number of methoxy groups -OCH3 is 1. The van der Waals surface area contributed by atoms with E-state index in [2.05, 4.69) is 0 Å². The molecule has 4 nitrogen and oxygen atoms in total. The average Bonchev–Trinajstić information content (AvgIpc) is 2.25. The van der Waals surface area contributed by atoms with E-state index in [1.807, 2.05) is 0 Å². The Balaban J connectivity index is 2.95. The SMILES string of the molecule is COc1ccccc1C(=O)/C=C/C(=O)O. The first kappa shape index (κ1) is 11.0. The van der Waals surface area contributed by atoms with Gasteiger partial charge in [0.1, 0.15) is 5.75 Å². The third-order valence-electron chi connectivity index (χ3n) is 1.75. The molecule has 1 N–H and O–H groups in total. The first-order valence-corrected chi connectivity index (χ1v) is 4.23. The maximum Gasteiger partial charge on any atom is 0.328 e. The van der Waals surface area contributed by atoms with Crippen molar-refractivity contribution in [2.24, 2.45) is 0 Å². The molecule has 1 aromatic carbocycles. The molecule has 0 atom stereocenters. The predicted molar refractivity (Wildman–Crippen MR) is 54.1 cm³/mol. The zero-order valence-corrected chi connectivity index (χ0v) is 8.14. The summed E-state index contributed by atoms with van der Waals surface area (Å²) in [7, 11) is 1.45.